The van der Waals surface area contributed by atoms with Crippen molar-refractivity contribution in [2.45, 2.75) is 58.7 Å². The molecule has 2 unspecified atom stereocenters. The van der Waals surface area contributed by atoms with E-state index < -0.39 is 48.1 Å². The van der Waals surface area contributed by atoms with Gasteiger partial charge in [-0.2, -0.15) is 0 Å². The maximum Gasteiger partial charge on any atom is 0.408 e. The van der Waals surface area contributed by atoms with Gasteiger partial charge >= 0.3 is 12.1 Å². The zero-order valence-electron chi connectivity index (χ0n) is 21.3. The van der Waals surface area contributed by atoms with Crippen molar-refractivity contribution >= 4 is 23.9 Å². The lowest BCUT2D eigenvalue weighted by Gasteiger charge is -2.34. The predicted octanol–water partition coefficient (Wildman–Crippen LogP) is 2.68. The van der Waals surface area contributed by atoms with Crippen LogP contribution >= 0.6 is 0 Å². The van der Waals surface area contributed by atoms with Crippen LogP contribution in [0.5, 0.6) is 5.75 Å². The number of esters is 1. The molecule has 0 bridgehead atoms. The van der Waals surface area contributed by atoms with Gasteiger partial charge in [-0.15, -0.1) is 6.58 Å². The SMILES string of the molecule is C=CCN(C(=O)C(CC(C)C)NC(=O)OC(C)(C)C)C(C(=O)NCC(=O)OC)c1ccccc1O. The molecule has 35 heavy (non-hydrogen) atoms. The summed E-state index contributed by atoms with van der Waals surface area (Å²) in [5.41, 5.74) is -0.631. The molecule has 10 nitrogen and oxygen atoms in total. The van der Waals surface area contributed by atoms with Crippen molar-refractivity contribution < 1.29 is 33.8 Å². The molecular weight excluding hydrogens is 454 g/mol. The van der Waals surface area contributed by atoms with Crippen molar-refractivity contribution in [3.63, 3.8) is 0 Å². The molecule has 1 rings (SSSR count). The van der Waals surface area contributed by atoms with Crippen LogP contribution in [0.25, 0.3) is 0 Å². The zero-order valence-corrected chi connectivity index (χ0v) is 21.3. The van der Waals surface area contributed by atoms with Crippen molar-refractivity contribution in [1.82, 2.24) is 15.5 Å². The molecular formula is C25H37N3O7. The minimum atomic E-state index is -1.32. The number of hydrogen-bond acceptors (Lipinski definition) is 7. The first kappa shape index (κ1) is 29.5. The largest absolute Gasteiger partial charge is 0.508 e. The maximum absolute atomic E-state index is 13.7. The Morgan fingerprint density at radius 1 is 1.17 bits per heavy atom. The molecule has 3 N–H and O–H groups in total. The van der Waals surface area contributed by atoms with Gasteiger partial charge in [0.25, 0.3) is 0 Å². The number of nitrogens with zero attached hydrogens (tertiary/aromatic N) is 1. The summed E-state index contributed by atoms with van der Waals surface area (Å²) in [4.78, 5) is 52.2. The summed E-state index contributed by atoms with van der Waals surface area (Å²) < 4.78 is 9.89. The molecule has 0 fully saturated rings. The highest BCUT2D eigenvalue weighted by molar-refractivity contribution is 5.93. The number of hydrogen-bond donors (Lipinski definition) is 3. The third kappa shape index (κ3) is 9.68. The quantitative estimate of drug-likeness (QED) is 0.320. The van der Waals surface area contributed by atoms with Gasteiger partial charge in [-0.3, -0.25) is 14.4 Å². The van der Waals surface area contributed by atoms with Gasteiger partial charge in [-0.05, 0) is 39.2 Å². The van der Waals surface area contributed by atoms with Gasteiger partial charge in [0.05, 0.1) is 7.11 Å². The number of aromatic hydroxyl groups is 1. The van der Waals surface area contributed by atoms with Crippen LogP contribution in [0, 0.1) is 5.92 Å². The van der Waals surface area contributed by atoms with Crippen molar-refractivity contribution in [2.24, 2.45) is 5.92 Å². The van der Waals surface area contributed by atoms with E-state index in [-0.39, 0.29) is 30.2 Å². The van der Waals surface area contributed by atoms with Crippen LogP contribution in [0.15, 0.2) is 36.9 Å². The third-order valence-corrected chi connectivity index (χ3v) is 4.73. The van der Waals surface area contributed by atoms with E-state index in [4.69, 9.17) is 4.74 Å². The third-order valence-electron chi connectivity index (χ3n) is 4.73. The van der Waals surface area contributed by atoms with E-state index in [1.165, 1.54) is 30.2 Å². The first-order chi connectivity index (χ1) is 16.3. The topological polar surface area (TPSA) is 134 Å². The highest BCUT2D eigenvalue weighted by Gasteiger charge is 2.37. The molecule has 0 saturated heterocycles. The Morgan fingerprint density at radius 2 is 1.80 bits per heavy atom. The lowest BCUT2D eigenvalue weighted by molar-refractivity contribution is -0.144. The van der Waals surface area contributed by atoms with E-state index in [0.29, 0.717) is 0 Å². The zero-order chi connectivity index (χ0) is 26.8. The first-order valence-electron chi connectivity index (χ1n) is 11.3. The highest BCUT2D eigenvalue weighted by Crippen LogP contribution is 2.30. The molecule has 0 saturated carbocycles. The number of carbonyl (C=O) groups excluding carboxylic acids is 4. The van der Waals surface area contributed by atoms with E-state index in [1.807, 2.05) is 13.8 Å². The summed E-state index contributed by atoms with van der Waals surface area (Å²) in [6, 6.07) is 3.73. The smallest absolute Gasteiger partial charge is 0.408 e. The number of amides is 3. The van der Waals surface area contributed by atoms with Gasteiger partial charge in [0.1, 0.15) is 30.0 Å². The first-order valence-corrected chi connectivity index (χ1v) is 11.3. The molecule has 0 aromatic heterocycles. The van der Waals surface area contributed by atoms with E-state index >= 15 is 0 Å². The normalized spacial score (nSPS) is 12.8. The van der Waals surface area contributed by atoms with Crippen molar-refractivity contribution in [3.05, 3.63) is 42.5 Å². The van der Waals surface area contributed by atoms with E-state index in [0.717, 1.165) is 0 Å². The maximum atomic E-state index is 13.7. The number of para-hydroxylation sites is 1. The lowest BCUT2D eigenvalue weighted by atomic mass is 9.98. The minimum absolute atomic E-state index is 0.0150. The van der Waals surface area contributed by atoms with Crippen LogP contribution in [-0.4, -0.2) is 65.7 Å². The summed E-state index contributed by atoms with van der Waals surface area (Å²) in [7, 11) is 1.18. The number of phenols is 1. The highest BCUT2D eigenvalue weighted by atomic mass is 16.6. The van der Waals surface area contributed by atoms with Gasteiger partial charge in [0.2, 0.25) is 11.8 Å². The average molecular weight is 492 g/mol. The van der Waals surface area contributed by atoms with Crippen LogP contribution in [0.3, 0.4) is 0 Å². The Hall–Kier alpha value is -3.56. The van der Waals surface area contributed by atoms with Crippen LogP contribution in [0.4, 0.5) is 4.79 Å². The minimum Gasteiger partial charge on any atom is -0.508 e. The Labute approximate surface area is 206 Å². The molecule has 3 amide bonds. The summed E-state index contributed by atoms with van der Waals surface area (Å²) in [5.74, 6) is -2.17. The number of rotatable bonds is 11. The summed E-state index contributed by atoms with van der Waals surface area (Å²) in [6.45, 7) is 12.1. The fourth-order valence-electron chi connectivity index (χ4n) is 3.30. The fraction of sp³-hybridized carbons (Fsp3) is 0.520. The monoisotopic (exact) mass is 491 g/mol. The second kappa shape index (κ2) is 13.4. The molecule has 0 aliphatic heterocycles. The molecule has 194 valence electrons. The van der Waals surface area contributed by atoms with E-state index in [2.05, 4.69) is 21.9 Å². The molecule has 0 spiro atoms. The molecule has 10 heteroatoms. The standard InChI is InChI=1S/C25H37N3O7/c1-8-13-28(23(32)18(14-16(2)3)27-24(33)35-25(4,5)6)21(17-11-9-10-12-19(17)29)22(31)26-15-20(30)34-7/h8-12,16,18,21,29H,1,13-15H2,2-7H3,(H,26,31)(H,27,33). The number of benzene rings is 1. The molecule has 0 aliphatic carbocycles. The predicted molar refractivity (Wildman–Crippen MR) is 130 cm³/mol. The molecule has 1 aromatic carbocycles. The van der Waals surface area contributed by atoms with Crippen molar-refractivity contribution in [3.8, 4) is 5.75 Å². The van der Waals surface area contributed by atoms with E-state index in [1.54, 1.807) is 32.9 Å². The van der Waals surface area contributed by atoms with Crippen molar-refractivity contribution in [1.29, 1.82) is 0 Å². The summed E-state index contributed by atoms with van der Waals surface area (Å²) in [5, 5.41) is 15.5. The van der Waals surface area contributed by atoms with Gasteiger partial charge in [-0.25, -0.2) is 4.79 Å². The van der Waals surface area contributed by atoms with E-state index in [9.17, 15) is 24.3 Å². The average Bonchev–Trinajstić information content (AvgIpc) is 2.75. The van der Waals surface area contributed by atoms with Crippen molar-refractivity contribution in [2.75, 3.05) is 20.2 Å². The Kier molecular flexibility index (Phi) is 11.2. The lowest BCUT2D eigenvalue weighted by Crippen LogP contribution is -2.53. The molecule has 0 aliphatic rings. The van der Waals surface area contributed by atoms with Crippen LogP contribution in [0.1, 0.15) is 52.6 Å². The number of nitrogens with one attached hydrogen (secondary N) is 2. The van der Waals surface area contributed by atoms with Crippen LogP contribution < -0.4 is 10.6 Å². The Morgan fingerprint density at radius 3 is 2.31 bits per heavy atom. The second-order valence-corrected chi connectivity index (χ2v) is 9.36. The van der Waals surface area contributed by atoms with Gasteiger partial charge < -0.3 is 30.1 Å². The summed E-state index contributed by atoms with van der Waals surface area (Å²) in [6.07, 6.45) is 0.922. The number of methoxy groups -OCH3 is 1. The van der Waals surface area contributed by atoms with Crippen LogP contribution in [-0.2, 0) is 23.9 Å². The van der Waals surface area contributed by atoms with Gasteiger partial charge in [-0.1, -0.05) is 38.1 Å². The fourth-order valence-corrected chi connectivity index (χ4v) is 3.30. The number of ether oxygens (including phenoxy) is 2. The Balaban J connectivity index is 3.43. The molecule has 0 heterocycles. The summed E-state index contributed by atoms with van der Waals surface area (Å²) >= 11 is 0. The number of phenolic OH excluding ortho intramolecular Hbond substituents is 1. The number of alkyl carbamates (subject to hydrolysis) is 1. The molecule has 1 aromatic rings. The molecule has 0 radical (unpaired) electrons. The number of carbonyl (C=O) groups is 4. The second-order valence-electron chi connectivity index (χ2n) is 9.36. The van der Waals surface area contributed by atoms with Crippen LogP contribution in [0.2, 0.25) is 0 Å². The van der Waals surface area contributed by atoms with Gasteiger partial charge in [0.15, 0.2) is 0 Å². The molecule has 2 atom stereocenters. The van der Waals surface area contributed by atoms with Gasteiger partial charge in [0, 0.05) is 12.1 Å². The Bertz CT molecular complexity index is 909.